The molecule has 148 valence electrons. The zero-order valence-corrected chi connectivity index (χ0v) is 16.9. The van der Waals surface area contributed by atoms with Crippen LogP contribution in [-0.4, -0.2) is 40.5 Å². The van der Waals surface area contributed by atoms with E-state index in [9.17, 15) is 13.2 Å². The van der Waals surface area contributed by atoms with E-state index in [2.05, 4.69) is 10.1 Å². The molecule has 0 N–H and O–H groups in total. The molecule has 3 rings (SSSR count). The van der Waals surface area contributed by atoms with Crippen molar-refractivity contribution in [3.05, 3.63) is 63.9 Å². The Morgan fingerprint density at radius 3 is 2.43 bits per heavy atom. The lowest BCUT2D eigenvalue weighted by molar-refractivity contribution is 0.369. The second kappa shape index (κ2) is 8.26. The molecule has 0 fully saturated rings. The van der Waals surface area contributed by atoms with Crippen LogP contribution in [0.3, 0.4) is 0 Å². The van der Waals surface area contributed by atoms with Crippen LogP contribution in [0.5, 0.6) is 0 Å². The van der Waals surface area contributed by atoms with Gasteiger partial charge in [-0.2, -0.15) is 9.29 Å². The van der Waals surface area contributed by atoms with Gasteiger partial charge in [-0.05, 0) is 30.3 Å². The van der Waals surface area contributed by atoms with Crippen molar-refractivity contribution >= 4 is 21.6 Å². The Hall–Kier alpha value is -2.49. The third-order valence-corrected chi connectivity index (χ3v) is 6.46. The molecule has 10 heteroatoms. The SMILES string of the molecule is CCN(CC)S(=O)(=O)c1ccc(=O)n(Cc2nc(-c3ccc(Cl)cc3)no2)c1. The summed E-state index contributed by atoms with van der Waals surface area (Å²) in [5.41, 5.74) is 0.342. The highest BCUT2D eigenvalue weighted by Gasteiger charge is 2.22. The molecule has 0 saturated carbocycles. The van der Waals surface area contributed by atoms with Crippen LogP contribution in [-0.2, 0) is 16.6 Å². The molecule has 3 aromatic rings. The molecule has 0 amide bonds. The summed E-state index contributed by atoms with van der Waals surface area (Å²) in [6, 6.07) is 9.44. The fourth-order valence-electron chi connectivity index (χ4n) is 2.68. The molecule has 0 radical (unpaired) electrons. The van der Waals surface area contributed by atoms with Crippen LogP contribution < -0.4 is 5.56 Å². The quantitative estimate of drug-likeness (QED) is 0.580. The van der Waals surface area contributed by atoms with Gasteiger partial charge in [0.15, 0.2) is 0 Å². The third-order valence-electron chi connectivity index (χ3n) is 4.18. The molecule has 2 heterocycles. The summed E-state index contributed by atoms with van der Waals surface area (Å²) in [6.45, 7) is 4.15. The van der Waals surface area contributed by atoms with Gasteiger partial charge in [-0.3, -0.25) is 4.79 Å². The highest BCUT2D eigenvalue weighted by molar-refractivity contribution is 7.89. The van der Waals surface area contributed by atoms with Gasteiger partial charge in [0.25, 0.3) is 5.56 Å². The monoisotopic (exact) mass is 422 g/mol. The standard InChI is InChI=1S/C18H19ClN4O4S/c1-3-23(4-2)28(25,26)15-9-10-17(24)22(11-15)12-16-20-18(21-27-16)13-5-7-14(19)8-6-13/h5-11H,3-4,12H2,1-2H3. The predicted molar refractivity (Wildman–Crippen MR) is 105 cm³/mol. The number of benzene rings is 1. The summed E-state index contributed by atoms with van der Waals surface area (Å²) < 4.78 is 33.1. The van der Waals surface area contributed by atoms with E-state index >= 15 is 0 Å². The summed E-state index contributed by atoms with van der Waals surface area (Å²) in [4.78, 5) is 16.5. The Bertz CT molecular complexity index is 1120. The van der Waals surface area contributed by atoms with Crippen molar-refractivity contribution in [2.75, 3.05) is 13.1 Å². The Morgan fingerprint density at radius 1 is 1.11 bits per heavy atom. The van der Waals surface area contributed by atoms with Gasteiger partial charge >= 0.3 is 0 Å². The van der Waals surface area contributed by atoms with Crippen LogP contribution in [0.25, 0.3) is 11.4 Å². The molecule has 0 spiro atoms. The third kappa shape index (κ3) is 4.16. The number of hydrogen-bond donors (Lipinski definition) is 0. The first-order valence-electron chi connectivity index (χ1n) is 8.64. The lowest BCUT2D eigenvalue weighted by Gasteiger charge is -2.18. The molecule has 0 saturated heterocycles. The molecule has 0 unspecified atom stereocenters. The predicted octanol–water partition coefficient (Wildman–Crippen LogP) is 2.63. The summed E-state index contributed by atoms with van der Waals surface area (Å²) in [6.07, 6.45) is 1.29. The molecule has 0 bridgehead atoms. The molecule has 8 nitrogen and oxygen atoms in total. The van der Waals surface area contributed by atoms with Crippen molar-refractivity contribution in [3.63, 3.8) is 0 Å². The fourth-order valence-corrected chi connectivity index (χ4v) is 4.28. The van der Waals surface area contributed by atoms with Crippen molar-refractivity contribution in [2.45, 2.75) is 25.3 Å². The highest BCUT2D eigenvalue weighted by atomic mass is 35.5. The van der Waals surface area contributed by atoms with Crippen molar-refractivity contribution in [1.82, 2.24) is 19.0 Å². The van der Waals surface area contributed by atoms with Crippen LogP contribution in [0.1, 0.15) is 19.7 Å². The lowest BCUT2D eigenvalue weighted by Crippen LogP contribution is -2.32. The zero-order chi connectivity index (χ0) is 20.3. The Balaban J connectivity index is 1.89. The molecule has 0 aliphatic rings. The van der Waals surface area contributed by atoms with E-state index in [0.29, 0.717) is 29.5 Å². The summed E-state index contributed by atoms with van der Waals surface area (Å²) >= 11 is 5.87. The van der Waals surface area contributed by atoms with Crippen molar-refractivity contribution in [2.24, 2.45) is 0 Å². The van der Waals surface area contributed by atoms with Crippen LogP contribution in [0.4, 0.5) is 0 Å². The average Bonchev–Trinajstić information content (AvgIpc) is 3.13. The molecular formula is C18H19ClN4O4S. The number of nitrogens with zero attached hydrogens (tertiary/aromatic N) is 4. The first-order chi connectivity index (χ1) is 13.3. The number of aromatic nitrogens is 3. The molecule has 0 aliphatic carbocycles. The van der Waals surface area contributed by atoms with E-state index in [1.54, 1.807) is 38.1 Å². The van der Waals surface area contributed by atoms with E-state index in [1.807, 2.05) is 0 Å². The maximum absolute atomic E-state index is 12.7. The summed E-state index contributed by atoms with van der Waals surface area (Å²) in [7, 11) is -3.68. The van der Waals surface area contributed by atoms with Gasteiger partial charge in [0.1, 0.15) is 6.54 Å². The van der Waals surface area contributed by atoms with E-state index in [4.69, 9.17) is 16.1 Å². The zero-order valence-electron chi connectivity index (χ0n) is 15.4. The number of hydrogen-bond acceptors (Lipinski definition) is 6. The minimum atomic E-state index is -3.68. The van der Waals surface area contributed by atoms with Crippen molar-refractivity contribution in [1.29, 1.82) is 0 Å². The normalized spacial score (nSPS) is 11.9. The van der Waals surface area contributed by atoms with Crippen LogP contribution in [0.2, 0.25) is 5.02 Å². The van der Waals surface area contributed by atoms with E-state index < -0.39 is 10.0 Å². The summed E-state index contributed by atoms with van der Waals surface area (Å²) in [5.74, 6) is 0.538. The molecule has 28 heavy (non-hydrogen) atoms. The topological polar surface area (TPSA) is 98.3 Å². The smallest absolute Gasteiger partial charge is 0.251 e. The van der Waals surface area contributed by atoms with Crippen LogP contribution in [0, 0.1) is 0 Å². The van der Waals surface area contributed by atoms with Crippen LogP contribution >= 0.6 is 11.6 Å². The van der Waals surface area contributed by atoms with Gasteiger partial charge in [0, 0.05) is 35.9 Å². The minimum Gasteiger partial charge on any atom is -0.337 e. The van der Waals surface area contributed by atoms with Gasteiger partial charge in [-0.1, -0.05) is 30.6 Å². The second-order valence-electron chi connectivity index (χ2n) is 5.94. The second-order valence-corrected chi connectivity index (χ2v) is 8.31. The van der Waals surface area contributed by atoms with Gasteiger partial charge in [-0.15, -0.1) is 0 Å². The van der Waals surface area contributed by atoms with Crippen molar-refractivity contribution in [3.8, 4) is 11.4 Å². The van der Waals surface area contributed by atoms with Crippen molar-refractivity contribution < 1.29 is 12.9 Å². The Labute approximate surface area is 167 Å². The van der Waals surface area contributed by atoms with Crippen LogP contribution in [0.15, 0.2) is 56.8 Å². The van der Waals surface area contributed by atoms with E-state index in [0.717, 1.165) is 0 Å². The summed E-state index contributed by atoms with van der Waals surface area (Å²) in [5, 5.41) is 4.49. The maximum Gasteiger partial charge on any atom is 0.251 e. The lowest BCUT2D eigenvalue weighted by atomic mass is 10.2. The molecule has 0 atom stereocenters. The minimum absolute atomic E-state index is 0.0354. The molecular weight excluding hydrogens is 404 g/mol. The average molecular weight is 423 g/mol. The van der Waals surface area contributed by atoms with Gasteiger partial charge in [0.2, 0.25) is 21.7 Å². The van der Waals surface area contributed by atoms with Gasteiger partial charge < -0.3 is 9.09 Å². The first-order valence-corrected chi connectivity index (χ1v) is 10.5. The number of halogens is 1. The maximum atomic E-state index is 12.7. The number of pyridine rings is 1. The fraction of sp³-hybridized carbons (Fsp3) is 0.278. The Kier molecular flexibility index (Phi) is 5.97. The van der Waals surface area contributed by atoms with E-state index in [-0.39, 0.29) is 22.9 Å². The van der Waals surface area contributed by atoms with Gasteiger partial charge in [-0.25, -0.2) is 8.42 Å². The number of rotatable bonds is 7. The molecule has 2 aromatic heterocycles. The first kappa shape index (κ1) is 20.2. The highest BCUT2D eigenvalue weighted by Crippen LogP contribution is 2.19. The largest absolute Gasteiger partial charge is 0.337 e. The van der Waals surface area contributed by atoms with Gasteiger partial charge in [0.05, 0.1) is 4.90 Å². The Morgan fingerprint density at radius 2 is 1.79 bits per heavy atom. The molecule has 1 aromatic carbocycles. The van der Waals surface area contributed by atoms with E-state index in [1.165, 1.54) is 27.2 Å². The molecule has 0 aliphatic heterocycles. The number of sulfonamides is 1.